The number of halogens is 1. The molecule has 1 N–H and O–H groups in total. The molecule has 0 aromatic heterocycles. The van der Waals surface area contributed by atoms with Crippen molar-refractivity contribution in [1.29, 1.82) is 0 Å². The van der Waals surface area contributed by atoms with Crippen LogP contribution in [-0.2, 0) is 0 Å². The molecule has 1 saturated carbocycles. The van der Waals surface area contributed by atoms with Crippen LogP contribution in [0.15, 0.2) is 18.2 Å². The van der Waals surface area contributed by atoms with Gasteiger partial charge in [0.2, 0.25) is 0 Å². The van der Waals surface area contributed by atoms with Crippen LogP contribution in [0.2, 0.25) is 5.02 Å². The van der Waals surface area contributed by atoms with Crippen LogP contribution < -0.4 is 10.2 Å². The monoisotopic (exact) mass is 292 g/mol. The summed E-state index contributed by atoms with van der Waals surface area (Å²) in [6, 6.07) is 6.95. The Morgan fingerprint density at radius 1 is 1.35 bits per heavy atom. The van der Waals surface area contributed by atoms with Gasteiger partial charge < -0.3 is 10.2 Å². The molecule has 3 heteroatoms. The molecular formula is C17H25ClN2. The molecule has 0 radical (unpaired) electrons. The third kappa shape index (κ3) is 2.56. The van der Waals surface area contributed by atoms with E-state index in [0.717, 1.165) is 24.5 Å². The summed E-state index contributed by atoms with van der Waals surface area (Å²) in [6.45, 7) is 6.61. The van der Waals surface area contributed by atoms with Crippen molar-refractivity contribution in [1.82, 2.24) is 5.32 Å². The zero-order valence-corrected chi connectivity index (χ0v) is 13.3. The van der Waals surface area contributed by atoms with Crippen LogP contribution in [0.4, 0.5) is 5.69 Å². The molecule has 2 fully saturated rings. The predicted molar refractivity (Wildman–Crippen MR) is 86.8 cm³/mol. The van der Waals surface area contributed by atoms with Crippen LogP contribution in [0.25, 0.3) is 0 Å². The Balaban J connectivity index is 1.92. The average Bonchev–Trinajstić information content (AvgIpc) is 2.90. The number of piperazine rings is 1. The van der Waals surface area contributed by atoms with Crippen molar-refractivity contribution < 1.29 is 0 Å². The molecule has 1 aliphatic carbocycles. The molecule has 110 valence electrons. The van der Waals surface area contributed by atoms with Crippen molar-refractivity contribution in [3.63, 3.8) is 0 Å². The standard InChI is InChI=1S/C17H25ClN2/c1-3-14-11-19-17(8-4-5-9-17)12-20(14)16-10-13(2)6-7-15(16)18/h6-7,10,14,19H,3-5,8-9,11-12H2,1-2H3. The molecule has 1 aliphatic heterocycles. The Morgan fingerprint density at radius 3 is 2.80 bits per heavy atom. The number of nitrogens with one attached hydrogen (secondary N) is 1. The zero-order chi connectivity index (χ0) is 14.2. The van der Waals surface area contributed by atoms with Crippen LogP contribution >= 0.6 is 11.6 Å². The van der Waals surface area contributed by atoms with Gasteiger partial charge in [0.1, 0.15) is 0 Å². The summed E-state index contributed by atoms with van der Waals surface area (Å²) in [6.07, 6.45) is 6.50. The van der Waals surface area contributed by atoms with E-state index in [1.165, 1.54) is 36.9 Å². The summed E-state index contributed by atoms with van der Waals surface area (Å²) in [5.41, 5.74) is 2.85. The molecule has 1 aromatic rings. The van der Waals surface area contributed by atoms with E-state index in [0.29, 0.717) is 11.6 Å². The van der Waals surface area contributed by atoms with Crippen LogP contribution in [0, 0.1) is 6.92 Å². The summed E-state index contributed by atoms with van der Waals surface area (Å²) in [7, 11) is 0. The normalized spacial score (nSPS) is 25.4. The lowest BCUT2D eigenvalue weighted by molar-refractivity contribution is 0.267. The second-order valence-electron chi connectivity index (χ2n) is 6.51. The minimum atomic E-state index is 0.332. The van der Waals surface area contributed by atoms with Crippen LogP contribution in [0.1, 0.15) is 44.6 Å². The van der Waals surface area contributed by atoms with Gasteiger partial charge in [-0.15, -0.1) is 0 Å². The molecule has 1 spiro atoms. The van der Waals surface area contributed by atoms with Gasteiger partial charge in [-0.25, -0.2) is 0 Å². The van der Waals surface area contributed by atoms with E-state index in [9.17, 15) is 0 Å². The SMILES string of the molecule is CCC1CNC2(CCCC2)CN1c1cc(C)ccc1Cl. The first-order valence-corrected chi connectivity index (χ1v) is 8.29. The molecule has 1 heterocycles. The second kappa shape index (κ2) is 5.57. The fraction of sp³-hybridized carbons (Fsp3) is 0.647. The van der Waals surface area contributed by atoms with Gasteiger partial charge in [-0.3, -0.25) is 0 Å². The summed E-state index contributed by atoms with van der Waals surface area (Å²) in [5, 5.41) is 4.74. The van der Waals surface area contributed by atoms with Gasteiger partial charge in [0.15, 0.2) is 0 Å². The molecule has 1 atom stereocenters. The average molecular weight is 293 g/mol. The van der Waals surface area contributed by atoms with Crippen LogP contribution in [0.3, 0.4) is 0 Å². The van der Waals surface area contributed by atoms with E-state index in [4.69, 9.17) is 11.6 Å². The fourth-order valence-electron chi connectivity index (χ4n) is 3.83. The van der Waals surface area contributed by atoms with Gasteiger partial charge in [0, 0.05) is 24.7 Å². The number of nitrogens with zero attached hydrogens (tertiary/aromatic N) is 1. The Kier molecular flexibility index (Phi) is 3.96. The Labute approximate surface area is 127 Å². The minimum absolute atomic E-state index is 0.332. The minimum Gasteiger partial charge on any atom is -0.364 e. The van der Waals surface area contributed by atoms with Crippen molar-refractivity contribution in [3.8, 4) is 0 Å². The van der Waals surface area contributed by atoms with Crippen LogP contribution in [-0.4, -0.2) is 24.7 Å². The maximum absolute atomic E-state index is 6.48. The first-order chi connectivity index (χ1) is 9.63. The number of benzene rings is 1. The van der Waals surface area contributed by atoms with Gasteiger partial charge in [0.25, 0.3) is 0 Å². The molecule has 2 aliphatic rings. The van der Waals surface area contributed by atoms with E-state index in [1.54, 1.807) is 0 Å². The van der Waals surface area contributed by atoms with Crippen molar-refractivity contribution in [2.24, 2.45) is 0 Å². The lowest BCUT2D eigenvalue weighted by Gasteiger charge is -2.47. The highest BCUT2D eigenvalue weighted by atomic mass is 35.5. The first kappa shape index (κ1) is 14.2. The molecule has 0 amide bonds. The Bertz CT molecular complexity index is 480. The van der Waals surface area contributed by atoms with Gasteiger partial charge >= 0.3 is 0 Å². The largest absolute Gasteiger partial charge is 0.364 e. The molecule has 3 rings (SSSR count). The van der Waals surface area contributed by atoms with E-state index in [2.05, 4.69) is 36.2 Å². The lowest BCUT2D eigenvalue weighted by atomic mass is 9.91. The highest BCUT2D eigenvalue weighted by Gasteiger charge is 2.41. The summed E-state index contributed by atoms with van der Waals surface area (Å²) >= 11 is 6.48. The Morgan fingerprint density at radius 2 is 2.10 bits per heavy atom. The molecule has 0 bridgehead atoms. The number of anilines is 1. The highest BCUT2D eigenvalue weighted by Crippen LogP contribution is 2.38. The number of rotatable bonds is 2. The molecule has 2 nitrogen and oxygen atoms in total. The molecule has 1 aromatic carbocycles. The van der Waals surface area contributed by atoms with Gasteiger partial charge in [0.05, 0.1) is 10.7 Å². The van der Waals surface area contributed by atoms with E-state index in [-0.39, 0.29) is 0 Å². The smallest absolute Gasteiger partial charge is 0.0639 e. The molecule has 20 heavy (non-hydrogen) atoms. The topological polar surface area (TPSA) is 15.3 Å². The molecular weight excluding hydrogens is 268 g/mol. The van der Waals surface area contributed by atoms with Gasteiger partial charge in [-0.05, 0) is 43.9 Å². The fourth-order valence-corrected chi connectivity index (χ4v) is 4.06. The third-order valence-electron chi connectivity index (χ3n) is 5.07. The zero-order valence-electron chi connectivity index (χ0n) is 12.6. The first-order valence-electron chi connectivity index (χ1n) is 7.91. The Hall–Kier alpha value is -0.730. The lowest BCUT2D eigenvalue weighted by Crippen LogP contribution is -2.63. The number of hydrogen-bond donors (Lipinski definition) is 1. The molecule has 1 unspecified atom stereocenters. The maximum Gasteiger partial charge on any atom is 0.0639 e. The van der Waals surface area contributed by atoms with Crippen molar-refractivity contribution in [2.45, 2.75) is 57.5 Å². The molecule has 1 saturated heterocycles. The van der Waals surface area contributed by atoms with Crippen molar-refractivity contribution in [3.05, 3.63) is 28.8 Å². The van der Waals surface area contributed by atoms with E-state index in [1.807, 2.05) is 6.07 Å². The quantitative estimate of drug-likeness (QED) is 0.881. The van der Waals surface area contributed by atoms with Gasteiger partial charge in [-0.1, -0.05) is 37.4 Å². The van der Waals surface area contributed by atoms with Crippen molar-refractivity contribution >= 4 is 17.3 Å². The second-order valence-corrected chi connectivity index (χ2v) is 6.92. The predicted octanol–water partition coefficient (Wildman–Crippen LogP) is 4.15. The van der Waals surface area contributed by atoms with Gasteiger partial charge in [-0.2, -0.15) is 0 Å². The summed E-state index contributed by atoms with van der Waals surface area (Å²) < 4.78 is 0. The number of hydrogen-bond acceptors (Lipinski definition) is 2. The van der Waals surface area contributed by atoms with Crippen LogP contribution in [0.5, 0.6) is 0 Å². The summed E-state index contributed by atoms with van der Waals surface area (Å²) in [4.78, 5) is 2.57. The third-order valence-corrected chi connectivity index (χ3v) is 5.39. The van der Waals surface area contributed by atoms with E-state index < -0.39 is 0 Å². The number of aryl methyl sites for hydroxylation is 1. The maximum atomic E-state index is 6.48. The van der Waals surface area contributed by atoms with E-state index >= 15 is 0 Å². The summed E-state index contributed by atoms with van der Waals surface area (Å²) in [5.74, 6) is 0. The van der Waals surface area contributed by atoms with Crippen molar-refractivity contribution in [2.75, 3.05) is 18.0 Å². The highest BCUT2D eigenvalue weighted by molar-refractivity contribution is 6.33.